The summed E-state index contributed by atoms with van der Waals surface area (Å²) in [4.78, 5) is 19.9. The lowest BCUT2D eigenvalue weighted by Gasteiger charge is -1.99. The van der Waals surface area contributed by atoms with Crippen LogP contribution in [-0.4, -0.2) is 27.4 Å². The van der Waals surface area contributed by atoms with Crippen molar-refractivity contribution < 1.29 is 9.53 Å². The number of aromatic nitrogens is 3. The summed E-state index contributed by atoms with van der Waals surface area (Å²) in [6, 6.07) is 7.27. The van der Waals surface area contributed by atoms with Gasteiger partial charge in [0.15, 0.2) is 0 Å². The molecule has 3 rings (SSSR count). The third kappa shape index (κ3) is 2.06. The maximum Gasteiger partial charge on any atom is 0.339 e. The number of esters is 1. The zero-order valence-electron chi connectivity index (χ0n) is 10.3. The number of imidazole rings is 1. The molecule has 0 saturated carbocycles. The molecule has 3 heterocycles. The summed E-state index contributed by atoms with van der Waals surface area (Å²) >= 11 is 0. The highest BCUT2D eigenvalue weighted by atomic mass is 16.5. The van der Waals surface area contributed by atoms with Gasteiger partial charge in [0.05, 0.1) is 18.4 Å². The Morgan fingerprint density at radius 3 is 2.68 bits per heavy atom. The number of carbonyl (C=O) groups is 1. The monoisotopic (exact) mass is 253 g/mol. The van der Waals surface area contributed by atoms with Crippen molar-refractivity contribution in [3.63, 3.8) is 0 Å². The van der Waals surface area contributed by atoms with E-state index in [9.17, 15) is 4.79 Å². The van der Waals surface area contributed by atoms with Crippen molar-refractivity contribution in [3.8, 4) is 11.3 Å². The first-order valence-corrected chi connectivity index (χ1v) is 5.75. The van der Waals surface area contributed by atoms with Gasteiger partial charge in [0.25, 0.3) is 0 Å². The van der Waals surface area contributed by atoms with E-state index in [1.54, 1.807) is 30.7 Å². The molecule has 0 spiro atoms. The summed E-state index contributed by atoms with van der Waals surface area (Å²) < 4.78 is 6.50. The van der Waals surface area contributed by atoms with E-state index in [-0.39, 0.29) is 5.97 Å². The molecule has 3 aromatic heterocycles. The molecule has 0 atom stereocenters. The second-order valence-electron chi connectivity index (χ2n) is 4.04. The fourth-order valence-electron chi connectivity index (χ4n) is 1.89. The molecular formula is C14H11N3O2. The van der Waals surface area contributed by atoms with Gasteiger partial charge in [-0.3, -0.25) is 4.98 Å². The maximum absolute atomic E-state index is 11.5. The van der Waals surface area contributed by atoms with Crippen LogP contribution < -0.4 is 0 Å². The molecule has 5 heteroatoms. The number of carbonyl (C=O) groups excluding carboxylic acids is 1. The summed E-state index contributed by atoms with van der Waals surface area (Å²) in [6.45, 7) is 0. The van der Waals surface area contributed by atoms with Crippen LogP contribution in [0, 0.1) is 0 Å². The Bertz CT molecular complexity index is 735. The largest absolute Gasteiger partial charge is 0.465 e. The maximum atomic E-state index is 11.5. The van der Waals surface area contributed by atoms with Gasteiger partial charge in [-0.05, 0) is 24.3 Å². The molecule has 5 nitrogen and oxygen atoms in total. The first-order valence-electron chi connectivity index (χ1n) is 5.75. The van der Waals surface area contributed by atoms with E-state index in [1.165, 1.54) is 7.11 Å². The average molecular weight is 253 g/mol. The van der Waals surface area contributed by atoms with Gasteiger partial charge in [0, 0.05) is 30.4 Å². The normalized spacial score (nSPS) is 10.6. The number of fused-ring (bicyclic) bond motifs is 1. The number of nitrogens with zero attached hydrogens (tertiary/aromatic N) is 3. The van der Waals surface area contributed by atoms with Gasteiger partial charge in [-0.25, -0.2) is 9.78 Å². The third-order valence-electron chi connectivity index (χ3n) is 2.85. The van der Waals surface area contributed by atoms with Crippen molar-refractivity contribution >= 4 is 11.6 Å². The van der Waals surface area contributed by atoms with Crippen molar-refractivity contribution in [1.29, 1.82) is 0 Å². The summed E-state index contributed by atoms with van der Waals surface area (Å²) in [6.07, 6.45) is 7.02. The highest BCUT2D eigenvalue weighted by Crippen LogP contribution is 2.18. The van der Waals surface area contributed by atoms with Crippen LogP contribution in [0.4, 0.5) is 0 Å². The van der Waals surface area contributed by atoms with Crippen LogP contribution >= 0.6 is 0 Å². The van der Waals surface area contributed by atoms with Crippen LogP contribution in [0.3, 0.4) is 0 Å². The summed E-state index contributed by atoms with van der Waals surface area (Å²) in [7, 11) is 1.36. The van der Waals surface area contributed by atoms with Gasteiger partial charge >= 0.3 is 5.97 Å². The Labute approximate surface area is 109 Å². The fourth-order valence-corrected chi connectivity index (χ4v) is 1.89. The smallest absolute Gasteiger partial charge is 0.339 e. The zero-order valence-corrected chi connectivity index (χ0v) is 10.3. The minimum absolute atomic E-state index is 0.360. The molecule has 19 heavy (non-hydrogen) atoms. The van der Waals surface area contributed by atoms with Crippen LogP contribution in [0.15, 0.2) is 49.1 Å². The molecule has 0 aliphatic rings. The Hall–Kier alpha value is -2.69. The Morgan fingerprint density at radius 2 is 1.95 bits per heavy atom. The van der Waals surface area contributed by atoms with Gasteiger partial charge < -0.3 is 9.14 Å². The molecule has 0 aliphatic carbocycles. The minimum Gasteiger partial charge on any atom is -0.465 e. The molecule has 0 aromatic carbocycles. The number of pyridine rings is 2. The number of ether oxygens (including phenoxy) is 1. The first-order chi connectivity index (χ1) is 9.28. The van der Waals surface area contributed by atoms with Crippen molar-refractivity contribution in [3.05, 3.63) is 54.6 Å². The first kappa shape index (κ1) is 11.4. The van der Waals surface area contributed by atoms with E-state index in [0.29, 0.717) is 5.56 Å². The van der Waals surface area contributed by atoms with Crippen molar-refractivity contribution in [2.45, 2.75) is 0 Å². The number of rotatable bonds is 2. The molecule has 0 radical (unpaired) electrons. The van der Waals surface area contributed by atoms with Crippen LogP contribution in [0.1, 0.15) is 10.4 Å². The van der Waals surface area contributed by atoms with E-state index in [4.69, 9.17) is 4.74 Å². The second kappa shape index (κ2) is 4.53. The Morgan fingerprint density at radius 1 is 1.16 bits per heavy atom. The van der Waals surface area contributed by atoms with Crippen LogP contribution in [-0.2, 0) is 4.74 Å². The van der Waals surface area contributed by atoms with E-state index >= 15 is 0 Å². The Balaban J connectivity index is 2.09. The van der Waals surface area contributed by atoms with Gasteiger partial charge in [0.2, 0.25) is 0 Å². The fraction of sp³-hybridized carbons (Fsp3) is 0.0714. The Kier molecular flexibility index (Phi) is 2.72. The lowest BCUT2D eigenvalue weighted by molar-refractivity contribution is 0.0600. The van der Waals surface area contributed by atoms with Crippen molar-refractivity contribution in [1.82, 2.24) is 14.4 Å². The van der Waals surface area contributed by atoms with Gasteiger partial charge in [-0.1, -0.05) is 0 Å². The molecule has 0 N–H and O–H groups in total. The van der Waals surface area contributed by atoms with Gasteiger partial charge in [-0.2, -0.15) is 0 Å². The van der Waals surface area contributed by atoms with E-state index in [0.717, 1.165) is 16.9 Å². The van der Waals surface area contributed by atoms with E-state index in [1.807, 2.05) is 22.7 Å². The number of hydrogen-bond donors (Lipinski definition) is 0. The molecule has 0 fully saturated rings. The SMILES string of the molecule is COC(=O)c1ccc2nc(-c3ccncc3)cn2c1. The molecule has 0 unspecified atom stereocenters. The van der Waals surface area contributed by atoms with Crippen molar-refractivity contribution in [2.24, 2.45) is 0 Å². The summed E-state index contributed by atoms with van der Waals surface area (Å²) in [5.74, 6) is -0.360. The molecule has 0 amide bonds. The van der Waals surface area contributed by atoms with Gasteiger partial charge in [-0.15, -0.1) is 0 Å². The average Bonchev–Trinajstić information content (AvgIpc) is 2.90. The van der Waals surface area contributed by atoms with E-state index in [2.05, 4.69) is 9.97 Å². The number of hydrogen-bond acceptors (Lipinski definition) is 4. The molecule has 0 saturated heterocycles. The van der Waals surface area contributed by atoms with Crippen molar-refractivity contribution in [2.75, 3.05) is 7.11 Å². The molecule has 0 bridgehead atoms. The highest BCUT2D eigenvalue weighted by Gasteiger charge is 2.08. The van der Waals surface area contributed by atoms with E-state index < -0.39 is 0 Å². The predicted molar refractivity (Wildman–Crippen MR) is 69.8 cm³/mol. The zero-order chi connectivity index (χ0) is 13.2. The summed E-state index contributed by atoms with van der Waals surface area (Å²) in [5.41, 5.74) is 3.09. The van der Waals surface area contributed by atoms with Crippen LogP contribution in [0.25, 0.3) is 16.9 Å². The second-order valence-corrected chi connectivity index (χ2v) is 4.04. The molecule has 3 aromatic rings. The van der Waals surface area contributed by atoms with Gasteiger partial charge in [0.1, 0.15) is 5.65 Å². The molecule has 94 valence electrons. The molecule has 0 aliphatic heterocycles. The highest BCUT2D eigenvalue weighted by molar-refractivity contribution is 5.89. The standard InChI is InChI=1S/C14H11N3O2/c1-19-14(18)11-2-3-13-16-12(9-17(13)8-11)10-4-6-15-7-5-10/h2-9H,1H3. The predicted octanol–water partition coefficient (Wildman–Crippen LogP) is 2.18. The van der Waals surface area contributed by atoms with Crippen LogP contribution in [0.2, 0.25) is 0 Å². The lowest BCUT2D eigenvalue weighted by atomic mass is 10.2. The third-order valence-corrected chi connectivity index (χ3v) is 2.85. The summed E-state index contributed by atoms with van der Waals surface area (Å²) in [5, 5.41) is 0. The molecular weight excluding hydrogens is 242 g/mol. The topological polar surface area (TPSA) is 56.5 Å². The minimum atomic E-state index is -0.360. The number of methoxy groups -OCH3 is 1. The van der Waals surface area contributed by atoms with Crippen LogP contribution in [0.5, 0.6) is 0 Å². The quantitative estimate of drug-likeness (QED) is 0.657. The lowest BCUT2D eigenvalue weighted by Crippen LogP contribution is -2.02.